The Morgan fingerprint density at radius 2 is 1.75 bits per heavy atom. The summed E-state index contributed by atoms with van der Waals surface area (Å²) in [5.74, 6) is 0.467. The fraction of sp³-hybridized carbons (Fsp3) is 0.125. The summed E-state index contributed by atoms with van der Waals surface area (Å²) in [6.07, 6.45) is 0.272. The molecule has 0 fully saturated rings. The van der Waals surface area contributed by atoms with Crippen LogP contribution in [0.5, 0.6) is 5.75 Å². The van der Waals surface area contributed by atoms with Crippen LogP contribution in [0.25, 0.3) is 0 Å². The number of ketones is 1. The van der Waals surface area contributed by atoms with Gasteiger partial charge in [-0.25, -0.2) is 0 Å². The highest BCUT2D eigenvalue weighted by Gasteiger charge is 2.15. The van der Waals surface area contributed by atoms with E-state index >= 15 is 0 Å². The monoisotopic (exact) mass is 269 g/mol. The fourth-order valence-electron chi connectivity index (χ4n) is 1.85. The summed E-state index contributed by atoms with van der Waals surface area (Å²) in [5.41, 5.74) is 1.50. The molecule has 2 aromatic rings. The van der Waals surface area contributed by atoms with Crippen LogP contribution in [-0.4, -0.2) is 23.8 Å². The van der Waals surface area contributed by atoms with Gasteiger partial charge in [-0.2, -0.15) is 0 Å². The molecule has 4 nitrogen and oxygen atoms in total. The molecule has 0 bridgehead atoms. The van der Waals surface area contributed by atoms with Crippen molar-refractivity contribution in [2.24, 2.45) is 5.16 Å². The Morgan fingerprint density at radius 3 is 2.30 bits per heavy atom. The lowest BCUT2D eigenvalue weighted by Crippen LogP contribution is -2.17. The van der Waals surface area contributed by atoms with Crippen molar-refractivity contribution in [1.29, 1.82) is 0 Å². The number of ether oxygens (including phenoxy) is 1. The molecule has 102 valence electrons. The average molecular weight is 269 g/mol. The van der Waals surface area contributed by atoms with Crippen LogP contribution in [0.3, 0.4) is 0 Å². The van der Waals surface area contributed by atoms with Crippen LogP contribution in [0.2, 0.25) is 0 Å². The molecule has 0 aliphatic carbocycles. The standard InChI is InChI=1S/C16H15NO3/c1-20-14-9-7-12(8-10-14)11-15(17-19)16(18)13-5-3-2-4-6-13/h2-10,19H,11H2,1H3/b17-15+. The first-order chi connectivity index (χ1) is 9.74. The van der Waals surface area contributed by atoms with Crippen molar-refractivity contribution in [1.82, 2.24) is 0 Å². The van der Waals surface area contributed by atoms with Crippen LogP contribution in [0, 0.1) is 0 Å². The molecule has 20 heavy (non-hydrogen) atoms. The molecule has 0 radical (unpaired) electrons. The van der Waals surface area contributed by atoms with E-state index in [2.05, 4.69) is 5.16 Å². The van der Waals surface area contributed by atoms with E-state index in [0.29, 0.717) is 5.56 Å². The molecule has 0 saturated heterocycles. The van der Waals surface area contributed by atoms with Gasteiger partial charge in [-0.05, 0) is 17.7 Å². The van der Waals surface area contributed by atoms with Gasteiger partial charge in [0, 0.05) is 12.0 Å². The van der Waals surface area contributed by atoms with E-state index < -0.39 is 0 Å². The molecular formula is C16H15NO3. The van der Waals surface area contributed by atoms with Crippen LogP contribution in [0.1, 0.15) is 15.9 Å². The molecule has 2 aromatic carbocycles. The molecule has 0 atom stereocenters. The summed E-state index contributed by atoms with van der Waals surface area (Å²) >= 11 is 0. The van der Waals surface area contributed by atoms with Crippen LogP contribution < -0.4 is 4.74 Å². The number of methoxy groups -OCH3 is 1. The molecule has 0 aliphatic rings. The van der Waals surface area contributed by atoms with Crippen molar-refractivity contribution in [3.8, 4) is 5.75 Å². The molecule has 0 heterocycles. The molecular weight excluding hydrogens is 254 g/mol. The number of rotatable bonds is 5. The summed E-state index contributed by atoms with van der Waals surface area (Å²) in [7, 11) is 1.59. The number of hydrogen-bond donors (Lipinski definition) is 1. The smallest absolute Gasteiger partial charge is 0.210 e. The maximum Gasteiger partial charge on any atom is 0.210 e. The van der Waals surface area contributed by atoms with Crippen LogP contribution in [0.15, 0.2) is 59.8 Å². The normalized spacial score (nSPS) is 11.2. The summed E-state index contributed by atoms with van der Waals surface area (Å²) < 4.78 is 5.07. The Kier molecular flexibility index (Phi) is 4.50. The summed E-state index contributed by atoms with van der Waals surface area (Å²) in [5, 5.41) is 12.2. The minimum atomic E-state index is -0.274. The van der Waals surface area contributed by atoms with E-state index in [-0.39, 0.29) is 17.9 Å². The highest BCUT2D eigenvalue weighted by atomic mass is 16.5. The summed E-state index contributed by atoms with van der Waals surface area (Å²) in [6, 6.07) is 16.0. The van der Waals surface area contributed by atoms with E-state index in [4.69, 9.17) is 9.94 Å². The van der Waals surface area contributed by atoms with Gasteiger partial charge in [0.1, 0.15) is 11.5 Å². The van der Waals surface area contributed by atoms with Gasteiger partial charge in [-0.3, -0.25) is 4.79 Å². The number of benzene rings is 2. The van der Waals surface area contributed by atoms with Crippen molar-refractivity contribution in [2.75, 3.05) is 7.11 Å². The minimum Gasteiger partial charge on any atom is -0.497 e. The van der Waals surface area contributed by atoms with Crippen molar-refractivity contribution < 1.29 is 14.7 Å². The predicted molar refractivity (Wildman–Crippen MR) is 76.7 cm³/mol. The Morgan fingerprint density at radius 1 is 1.10 bits per heavy atom. The van der Waals surface area contributed by atoms with Crippen molar-refractivity contribution >= 4 is 11.5 Å². The van der Waals surface area contributed by atoms with Gasteiger partial charge in [0.05, 0.1) is 7.11 Å². The first-order valence-electron chi connectivity index (χ1n) is 6.18. The maximum atomic E-state index is 12.2. The Labute approximate surface area is 117 Å². The Hall–Kier alpha value is -2.62. The maximum absolute atomic E-state index is 12.2. The number of nitrogens with zero attached hydrogens (tertiary/aromatic N) is 1. The molecule has 2 rings (SSSR count). The first kappa shape index (κ1) is 13.8. The minimum absolute atomic E-state index is 0.112. The van der Waals surface area contributed by atoms with Crippen LogP contribution in [0.4, 0.5) is 0 Å². The van der Waals surface area contributed by atoms with E-state index in [1.165, 1.54) is 0 Å². The molecule has 0 aromatic heterocycles. The zero-order valence-corrected chi connectivity index (χ0v) is 11.1. The molecule has 0 amide bonds. The number of oxime groups is 1. The number of Topliss-reactive ketones (excluding diaryl/α,β-unsaturated/α-hetero) is 1. The highest BCUT2D eigenvalue weighted by molar-refractivity contribution is 6.46. The third kappa shape index (κ3) is 3.23. The first-order valence-corrected chi connectivity index (χ1v) is 6.18. The predicted octanol–water partition coefficient (Wildman–Crippen LogP) is 2.95. The van der Waals surface area contributed by atoms with Crippen molar-refractivity contribution in [3.63, 3.8) is 0 Å². The lowest BCUT2D eigenvalue weighted by molar-refractivity contribution is 0.106. The molecule has 1 N–H and O–H groups in total. The zero-order chi connectivity index (χ0) is 14.4. The summed E-state index contributed by atoms with van der Waals surface area (Å²) in [4.78, 5) is 12.2. The van der Waals surface area contributed by atoms with Crippen LogP contribution in [-0.2, 0) is 6.42 Å². The molecule has 4 heteroatoms. The molecule has 0 unspecified atom stereocenters. The molecule has 0 aliphatic heterocycles. The van der Waals surface area contributed by atoms with Crippen molar-refractivity contribution in [2.45, 2.75) is 6.42 Å². The highest BCUT2D eigenvalue weighted by Crippen LogP contribution is 2.13. The Bertz CT molecular complexity index is 603. The zero-order valence-electron chi connectivity index (χ0n) is 11.1. The van der Waals surface area contributed by atoms with Gasteiger partial charge in [-0.15, -0.1) is 0 Å². The van der Waals surface area contributed by atoms with Gasteiger partial charge < -0.3 is 9.94 Å². The lowest BCUT2D eigenvalue weighted by atomic mass is 10.0. The third-order valence-corrected chi connectivity index (χ3v) is 2.95. The van der Waals surface area contributed by atoms with E-state index in [1.54, 1.807) is 43.5 Å². The average Bonchev–Trinajstić information content (AvgIpc) is 2.53. The van der Waals surface area contributed by atoms with Crippen LogP contribution >= 0.6 is 0 Å². The topological polar surface area (TPSA) is 58.9 Å². The van der Waals surface area contributed by atoms with Gasteiger partial charge >= 0.3 is 0 Å². The second-order valence-electron chi connectivity index (χ2n) is 4.27. The second kappa shape index (κ2) is 6.52. The van der Waals surface area contributed by atoms with Gasteiger partial charge in [-0.1, -0.05) is 47.6 Å². The number of carbonyl (C=O) groups is 1. The number of carbonyl (C=O) groups excluding carboxylic acids is 1. The quantitative estimate of drug-likeness (QED) is 0.393. The van der Waals surface area contributed by atoms with E-state index in [9.17, 15) is 4.79 Å². The Balaban J connectivity index is 2.15. The van der Waals surface area contributed by atoms with Gasteiger partial charge in [0.2, 0.25) is 5.78 Å². The van der Waals surface area contributed by atoms with Gasteiger partial charge in [0.15, 0.2) is 0 Å². The molecule has 0 spiro atoms. The third-order valence-electron chi connectivity index (χ3n) is 2.95. The largest absolute Gasteiger partial charge is 0.497 e. The SMILES string of the molecule is COc1ccc(C/C(=N\O)C(=O)c2ccccc2)cc1. The van der Waals surface area contributed by atoms with Crippen molar-refractivity contribution in [3.05, 3.63) is 65.7 Å². The lowest BCUT2D eigenvalue weighted by Gasteiger charge is -2.05. The second-order valence-corrected chi connectivity index (χ2v) is 4.27. The van der Waals surface area contributed by atoms with Gasteiger partial charge in [0.25, 0.3) is 0 Å². The fourth-order valence-corrected chi connectivity index (χ4v) is 1.85. The summed E-state index contributed by atoms with van der Waals surface area (Å²) in [6.45, 7) is 0. The number of hydrogen-bond acceptors (Lipinski definition) is 4. The molecule has 0 saturated carbocycles. The van der Waals surface area contributed by atoms with E-state index in [1.807, 2.05) is 18.2 Å². The van der Waals surface area contributed by atoms with E-state index in [0.717, 1.165) is 11.3 Å².